The molecule has 0 atom stereocenters. The lowest BCUT2D eigenvalue weighted by Gasteiger charge is -2.12. The summed E-state index contributed by atoms with van der Waals surface area (Å²) >= 11 is 7.16. The van der Waals surface area contributed by atoms with Gasteiger partial charge in [-0.15, -0.1) is 0 Å². The maximum absolute atomic E-state index is 12.4. The van der Waals surface area contributed by atoms with Crippen LogP contribution in [0.15, 0.2) is 36.4 Å². The van der Waals surface area contributed by atoms with Crippen molar-refractivity contribution in [2.45, 2.75) is 13.8 Å². The molecule has 0 saturated heterocycles. The van der Waals surface area contributed by atoms with Crippen molar-refractivity contribution in [2.24, 2.45) is 5.73 Å². The van der Waals surface area contributed by atoms with E-state index in [0.717, 1.165) is 25.9 Å². The van der Waals surface area contributed by atoms with Crippen LogP contribution >= 0.6 is 34.8 Å². The summed E-state index contributed by atoms with van der Waals surface area (Å²) in [6.07, 6.45) is 0. The van der Waals surface area contributed by atoms with Crippen LogP contribution in [0.4, 0.5) is 5.69 Å². The number of carbonyl (C=O) groups is 1. The number of hydrogen-bond donors (Lipinski definition) is 2. The molecule has 0 aliphatic heterocycles. The van der Waals surface area contributed by atoms with E-state index in [4.69, 9.17) is 18.0 Å². The molecule has 0 aliphatic rings. The molecule has 0 heterocycles. The zero-order chi connectivity index (χ0) is 15.6. The molecule has 5 heteroatoms. The molecule has 3 nitrogen and oxygen atoms in total. The number of aryl methyl sites for hydroxylation is 2. The summed E-state index contributed by atoms with van der Waals surface area (Å²) in [6, 6.07) is 11.2. The number of hydrogen-bond acceptors (Lipinski definition) is 2. The Hall–Kier alpha value is -1.47. The van der Waals surface area contributed by atoms with Gasteiger partial charge in [-0.25, -0.2) is 0 Å². The van der Waals surface area contributed by atoms with Crippen LogP contribution in [-0.2, 0) is 0 Å². The third kappa shape index (κ3) is 3.59. The molecule has 2 aromatic carbocycles. The Morgan fingerprint density at radius 3 is 2.57 bits per heavy atom. The lowest BCUT2D eigenvalue weighted by molar-refractivity contribution is 0.102. The molecule has 0 unspecified atom stereocenters. The first kappa shape index (κ1) is 15.9. The van der Waals surface area contributed by atoms with Crippen LogP contribution in [0.2, 0.25) is 0 Å². The van der Waals surface area contributed by atoms with E-state index in [-0.39, 0.29) is 5.91 Å². The fourth-order valence-corrected chi connectivity index (χ4v) is 2.65. The summed E-state index contributed by atoms with van der Waals surface area (Å²) in [6.45, 7) is 3.91. The second-order valence-corrected chi connectivity index (χ2v) is 6.30. The van der Waals surface area contributed by atoms with Crippen molar-refractivity contribution in [2.75, 3.05) is 5.32 Å². The predicted molar refractivity (Wildman–Crippen MR) is 98.9 cm³/mol. The smallest absolute Gasteiger partial charge is 0.256 e. The van der Waals surface area contributed by atoms with Gasteiger partial charge in [-0.2, -0.15) is 0 Å². The third-order valence-electron chi connectivity index (χ3n) is 3.21. The highest BCUT2D eigenvalue weighted by Gasteiger charge is 2.13. The number of rotatable bonds is 3. The first-order valence-electron chi connectivity index (χ1n) is 6.37. The molecule has 21 heavy (non-hydrogen) atoms. The number of amides is 1. The highest BCUT2D eigenvalue weighted by molar-refractivity contribution is 14.1. The molecule has 2 rings (SSSR count). The van der Waals surface area contributed by atoms with Crippen molar-refractivity contribution in [3.8, 4) is 0 Å². The highest BCUT2D eigenvalue weighted by atomic mass is 127. The van der Waals surface area contributed by atoms with Gasteiger partial charge in [0.1, 0.15) is 4.99 Å². The Morgan fingerprint density at radius 2 is 1.90 bits per heavy atom. The number of nitrogens with one attached hydrogen (secondary N) is 1. The number of anilines is 1. The van der Waals surface area contributed by atoms with Gasteiger partial charge < -0.3 is 11.1 Å². The molecular weight excluding hydrogens is 395 g/mol. The first-order valence-corrected chi connectivity index (χ1v) is 7.85. The summed E-state index contributed by atoms with van der Waals surface area (Å²) < 4.78 is 0.954. The highest BCUT2D eigenvalue weighted by Crippen LogP contribution is 2.21. The third-order valence-corrected chi connectivity index (χ3v) is 4.87. The molecule has 0 fully saturated rings. The van der Waals surface area contributed by atoms with Gasteiger partial charge in [-0.05, 0) is 59.7 Å². The Kier molecular flexibility index (Phi) is 4.95. The van der Waals surface area contributed by atoms with E-state index in [1.165, 1.54) is 0 Å². The second-order valence-electron chi connectivity index (χ2n) is 4.78. The molecule has 0 bridgehead atoms. The average Bonchev–Trinajstić information content (AvgIpc) is 2.43. The van der Waals surface area contributed by atoms with E-state index in [9.17, 15) is 4.79 Å². The van der Waals surface area contributed by atoms with Crippen LogP contribution in [0, 0.1) is 17.4 Å². The standard InChI is InChI=1S/C16H15IN2OS/c1-9-6-7-11(15(18)21)8-13(9)19-16(20)12-5-3-4-10(2)14(12)17/h3-8H,1-2H3,(H2,18,21)(H,19,20). The van der Waals surface area contributed by atoms with Gasteiger partial charge in [0.25, 0.3) is 5.91 Å². The van der Waals surface area contributed by atoms with Gasteiger partial charge in [-0.3, -0.25) is 4.79 Å². The zero-order valence-corrected chi connectivity index (χ0v) is 14.7. The minimum absolute atomic E-state index is 0.133. The van der Waals surface area contributed by atoms with E-state index in [2.05, 4.69) is 27.9 Å². The van der Waals surface area contributed by atoms with E-state index in [0.29, 0.717) is 10.6 Å². The Labute approximate surface area is 143 Å². The lowest BCUT2D eigenvalue weighted by Crippen LogP contribution is -2.16. The molecular formula is C16H15IN2OS. The number of carbonyl (C=O) groups excluding carboxylic acids is 1. The zero-order valence-electron chi connectivity index (χ0n) is 11.7. The lowest BCUT2D eigenvalue weighted by atomic mass is 10.1. The summed E-state index contributed by atoms with van der Waals surface area (Å²) in [5.74, 6) is -0.133. The minimum atomic E-state index is -0.133. The molecule has 0 spiro atoms. The Balaban J connectivity index is 2.33. The molecule has 108 valence electrons. The van der Waals surface area contributed by atoms with Gasteiger partial charge in [0.15, 0.2) is 0 Å². The second kappa shape index (κ2) is 6.53. The summed E-state index contributed by atoms with van der Waals surface area (Å²) in [7, 11) is 0. The van der Waals surface area contributed by atoms with Gasteiger partial charge in [0, 0.05) is 14.8 Å². The van der Waals surface area contributed by atoms with Crippen molar-refractivity contribution in [1.82, 2.24) is 0 Å². The quantitative estimate of drug-likeness (QED) is 0.598. The van der Waals surface area contributed by atoms with Gasteiger partial charge >= 0.3 is 0 Å². The number of nitrogens with two attached hydrogens (primary N) is 1. The molecule has 0 saturated carbocycles. The van der Waals surface area contributed by atoms with Crippen LogP contribution in [0.1, 0.15) is 27.0 Å². The number of halogens is 1. The molecule has 0 radical (unpaired) electrons. The maximum Gasteiger partial charge on any atom is 0.256 e. The number of benzene rings is 2. The fourth-order valence-electron chi connectivity index (χ4n) is 1.92. The topological polar surface area (TPSA) is 55.1 Å². The molecule has 1 amide bonds. The first-order chi connectivity index (χ1) is 9.90. The molecule has 3 N–H and O–H groups in total. The van der Waals surface area contributed by atoms with Gasteiger partial charge in [0.2, 0.25) is 0 Å². The largest absolute Gasteiger partial charge is 0.389 e. The maximum atomic E-state index is 12.4. The fraction of sp³-hybridized carbons (Fsp3) is 0.125. The average molecular weight is 410 g/mol. The van der Waals surface area contributed by atoms with Crippen LogP contribution in [0.5, 0.6) is 0 Å². The van der Waals surface area contributed by atoms with E-state index in [1.54, 1.807) is 6.07 Å². The Morgan fingerprint density at radius 1 is 1.19 bits per heavy atom. The van der Waals surface area contributed by atoms with Crippen molar-refractivity contribution in [3.63, 3.8) is 0 Å². The number of thiocarbonyl (C=S) groups is 1. The summed E-state index contributed by atoms with van der Waals surface area (Å²) in [5, 5.41) is 2.93. The van der Waals surface area contributed by atoms with Crippen LogP contribution in [0.3, 0.4) is 0 Å². The van der Waals surface area contributed by atoms with Gasteiger partial charge in [0.05, 0.1) is 5.56 Å². The van der Waals surface area contributed by atoms with Crippen LogP contribution in [-0.4, -0.2) is 10.9 Å². The van der Waals surface area contributed by atoms with Crippen molar-refractivity contribution in [3.05, 3.63) is 62.2 Å². The van der Waals surface area contributed by atoms with Gasteiger partial charge in [-0.1, -0.05) is 36.5 Å². The van der Waals surface area contributed by atoms with Crippen molar-refractivity contribution < 1.29 is 4.79 Å². The SMILES string of the molecule is Cc1ccc(C(N)=S)cc1NC(=O)c1cccc(C)c1I. The van der Waals surface area contributed by atoms with Crippen LogP contribution < -0.4 is 11.1 Å². The summed E-state index contributed by atoms with van der Waals surface area (Å²) in [5.41, 5.74) is 9.81. The predicted octanol–water partition coefficient (Wildman–Crippen LogP) is 3.79. The normalized spacial score (nSPS) is 10.2. The van der Waals surface area contributed by atoms with E-state index >= 15 is 0 Å². The molecule has 0 aliphatic carbocycles. The molecule has 0 aromatic heterocycles. The summed E-state index contributed by atoms with van der Waals surface area (Å²) in [4.78, 5) is 12.8. The van der Waals surface area contributed by atoms with Crippen LogP contribution in [0.25, 0.3) is 0 Å². The van der Waals surface area contributed by atoms with Crippen molar-refractivity contribution >= 4 is 51.4 Å². The van der Waals surface area contributed by atoms with E-state index in [1.807, 2.05) is 44.2 Å². The Bertz CT molecular complexity index is 728. The van der Waals surface area contributed by atoms with Crippen molar-refractivity contribution in [1.29, 1.82) is 0 Å². The molecule has 2 aromatic rings. The van der Waals surface area contributed by atoms with E-state index < -0.39 is 0 Å². The monoisotopic (exact) mass is 410 g/mol. The minimum Gasteiger partial charge on any atom is -0.389 e.